The minimum absolute atomic E-state index is 0.179. The molecule has 0 spiro atoms. The SMILES string of the molecule is CC1CN(C2COCCC2O)CC1C. The Morgan fingerprint density at radius 3 is 2.43 bits per heavy atom. The molecule has 2 fully saturated rings. The third-order valence-corrected chi connectivity index (χ3v) is 3.78. The van der Waals surface area contributed by atoms with E-state index in [2.05, 4.69) is 18.7 Å². The predicted molar refractivity (Wildman–Crippen MR) is 55.1 cm³/mol. The maximum absolute atomic E-state index is 9.88. The van der Waals surface area contributed by atoms with Crippen LogP contribution in [0.2, 0.25) is 0 Å². The highest BCUT2D eigenvalue weighted by Gasteiger charge is 2.35. The van der Waals surface area contributed by atoms with Gasteiger partial charge in [-0.1, -0.05) is 13.8 Å². The standard InChI is InChI=1S/C11H21NO2/c1-8-5-12(6-9(8)2)10-7-14-4-3-11(10)13/h8-11,13H,3-7H2,1-2H3. The minimum atomic E-state index is -0.179. The van der Waals surface area contributed by atoms with Crippen LogP contribution in [0.4, 0.5) is 0 Å². The molecule has 1 N–H and O–H groups in total. The lowest BCUT2D eigenvalue weighted by molar-refractivity contribution is -0.0562. The number of aliphatic hydroxyl groups is 1. The molecule has 4 atom stereocenters. The third-order valence-electron chi connectivity index (χ3n) is 3.78. The van der Waals surface area contributed by atoms with E-state index in [-0.39, 0.29) is 12.1 Å². The highest BCUT2D eigenvalue weighted by atomic mass is 16.5. The van der Waals surface area contributed by atoms with Crippen LogP contribution in [-0.2, 0) is 4.74 Å². The molecule has 2 rings (SSSR count). The van der Waals surface area contributed by atoms with E-state index in [1.54, 1.807) is 0 Å². The minimum Gasteiger partial charge on any atom is -0.391 e. The van der Waals surface area contributed by atoms with Gasteiger partial charge in [-0.25, -0.2) is 0 Å². The van der Waals surface area contributed by atoms with Gasteiger partial charge < -0.3 is 9.84 Å². The van der Waals surface area contributed by atoms with Gasteiger partial charge in [-0.05, 0) is 18.3 Å². The summed E-state index contributed by atoms with van der Waals surface area (Å²) in [6, 6.07) is 0.246. The molecule has 0 amide bonds. The first-order valence-corrected chi connectivity index (χ1v) is 5.68. The summed E-state index contributed by atoms with van der Waals surface area (Å²) in [6.07, 6.45) is 0.616. The summed E-state index contributed by atoms with van der Waals surface area (Å²) in [5, 5.41) is 9.88. The van der Waals surface area contributed by atoms with Crippen molar-refractivity contribution in [2.24, 2.45) is 11.8 Å². The monoisotopic (exact) mass is 199 g/mol. The summed E-state index contributed by atoms with van der Waals surface area (Å²) in [6.45, 7) is 8.25. The van der Waals surface area contributed by atoms with Gasteiger partial charge in [0.1, 0.15) is 0 Å². The largest absolute Gasteiger partial charge is 0.391 e. The van der Waals surface area contributed by atoms with Gasteiger partial charge in [0.15, 0.2) is 0 Å². The van der Waals surface area contributed by atoms with E-state index in [1.165, 1.54) is 0 Å². The molecule has 0 radical (unpaired) electrons. The Balaban J connectivity index is 1.94. The van der Waals surface area contributed by atoms with Crippen LogP contribution in [-0.4, -0.2) is 48.5 Å². The second-order valence-corrected chi connectivity index (χ2v) is 4.91. The van der Waals surface area contributed by atoms with Gasteiger partial charge in [0.25, 0.3) is 0 Å². The lowest BCUT2D eigenvalue weighted by Crippen LogP contribution is -2.48. The van der Waals surface area contributed by atoms with Crippen LogP contribution in [0.15, 0.2) is 0 Å². The predicted octanol–water partition coefficient (Wildman–Crippen LogP) is 0.724. The normalized spacial score (nSPS) is 45.6. The first kappa shape index (κ1) is 10.4. The van der Waals surface area contributed by atoms with Crippen LogP contribution < -0.4 is 0 Å². The summed E-state index contributed by atoms with van der Waals surface area (Å²) in [5.41, 5.74) is 0. The Bertz CT molecular complexity index is 188. The van der Waals surface area contributed by atoms with Gasteiger partial charge in [0, 0.05) is 19.7 Å². The second-order valence-electron chi connectivity index (χ2n) is 4.91. The lowest BCUT2D eigenvalue weighted by Gasteiger charge is -2.35. The van der Waals surface area contributed by atoms with Gasteiger partial charge in [0.2, 0.25) is 0 Å². The number of rotatable bonds is 1. The molecule has 0 aliphatic carbocycles. The molecular formula is C11H21NO2. The van der Waals surface area contributed by atoms with Crippen LogP contribution in [0.25, 0.3) is 0 Å². The summed E-state index contributed by atoms with van der Waals surface area (Å²) >= 11 is 0. The van der Waals surface area contributed by atoms with E-state index in [0.717, 1.165) is 38.0 Å². The zero-order valence-corrected chi connectivity index (χ0v) is 9.15. The quantitative estimate of drug-likeness (QED) is 0.675. The average Bonchev–Trinajstić information content (AvgIpc) is 2.48. The van der Waals surface area contributed by atoms with Gasteiger partial charge in [-0.2, -0.15) is 0 Å². The van der Waals surface area contributed by atoms with Crippen molar-refractivity contribution in [2.45, 2.75) is 32.4 Å². The van der Waals surface area contributed by atoms with Crippen molar-refractivity contribution in [2.75, 3.05) is 26.3 Å². The molecule has 3 nitrogen and oxygen atoms in total. The van der Waals surface area contributed by atoms with Crippen LogP contribution in [0, 0.1) is 11.8 Å². The highest BCUT2D eigenvalue weighted by Crippen LogP contribution is 2.26. The van der Waals surface area contributed by atoms with Gasteiger partial charge in [0.05, 0.1) is 18.8 Å². The van der Waals surface area contributed by atoms with Crippen LogP contribution >= 0.6 is 0 Å². The average molecular weight is 199 g/mol. The molecule has 0 aromatic heterocycles. The molecule has 0 aromatic carbocycles. The summed E-state index contributed by atoms with van der Waals surface area (Å²) in [4.78, 5) is 2.40. The van der Waals surface area contributed by atoms with Crippen molar-refractivity contribution in [3.05, 3.63) is 0 Å². The zero-order chi connectivity index (χ0) is 10.1. The molecule has 2 saturated heterocycles. The number of ether oxygens (including phenoxy) is 1. The summed E-state index contributed by atoms with van der Waals surface area (Å²) in [7, 11) is 0. The number of nitrogens with zero attached hydrogens (tertiary/aromatic N) is 1. The van der Waals surface area contributed by atoms with Crippen LogP contribution in [0.5, 0.6) is 0 Å². The first-order valence-electron chi connectivity index (χ1n) is 5.68. The fourth-order valence-electron chi connectivity index (χ4n) is 2.51. The Kier molecular flexibility index (Phi) is 3.10. The molecule has 2 heterocycles. The second kappa shape index (κ2) is 4.17. The molecule has 4 unspecified atom stereocenters. The Labute approximate surface area is 86.0 Å². The summed E-state index contributed by atoms with van der Waals surface area (Å²) < 4.78 is 5.43. The maximum atomic E-state index is 9.88. The molecule has 14 heavy (non-hydrogen) atoms. The van der Waals surface area contributed by atoms with Crippen molar-refractivity contribution in [3.63, 3.8) is 0 Å². The summed E-state index contributed by atoms with van der Waals surface area (Å²) in [5.74, 6) is 1.51. The highest BCUT2D eigenvalue weighted by molar-refractivity contribution is 4.88. The Morgan fingerprint density at radius 2 is 1.86 bits per heavy atom. The van der Waals surface area contributed by atoms with Crippen molar-refractivity contribution in [3.8, 4) is 0 Å². The van der Waals surface area contributed by atoms with Gasteiger partial charge >= 0.3 is 0 Å². The molecule has 2 aliphatic rings. The Morgan fingerprint density at radius 1 is 1.21 bits per heavy atom. The van der Waals surface area contributed by atoms with E-state index in [9.17, 15) is 5.11 Å². The molecule has 82 valence electrons. The zero-order valence-electron chi connectivity index (χ0n) is 9.15. The fourth-order valence-corrected chi connectivity index (χ4v) is 2.51. The molecule has 0 aromatic rings. The Hall–Kier alpha value is -0.120. The van der Waals surface area contributed by atoms with Crippen LogP contribution in [0.1, 0.15) is 20.3 Å². The van der Waals surface area contributed by atoms with E-state index in [0.29, 0.717) is 6.61 Å². The van der Waals surface area contributed by atoms with E-state index in [4.69, 9.17) is 4.74 Å². The van der Waals surface area contributed by atoms with Crippen molar-refractivity contribution < 1.29 is 9.84 Å². The lowest BCUT2D eigenvalue weighted by atomic mass is 10.0. The van der Waals surface area contributed by atoms with Crippen molar-refractivity contribution in [1.29, 1.82) is 0 Å². The van der Waals surface area contributed by atoms with Gasteiger partial charge in [-0.15, -0.1) is 0 Å². The molecule has 0 saturated carbocycles. The van der Waals surface area contributed by atoms with E-state index in [1.807, 2.05) is 0 Å². The van der Waals surface area contributed by atoms with Gasteiger partial charge in [-0.3, -0.25) is 4.90 Å². The smallest absolute Gasteiger partial charge is 0.0739 e. The van der Waals surface area contributed by atoms with Crippen LogP contribution in [0.3, 0.4) is 0 Å². The maximum Gasteiger partial charge on any atom is 0.0739 e. The number of likely N-dealkylation sites (tertiary alicyclic amines) is 1. The molecule has 2 aliphatic heterocycles. The molecule has 0 bridgehead atoms. The molecule has 3 heteroatoms. The molecular weight excluding hydrogens is 178 g/mol. The van der Waals surface area contributed by atoms with E-state index >= 15 is 0 Å². The number of hydrogen-bond acceptors (Lipinski definition) is 3. The topological polar surface area (TPSA) is 32.7 Å². The first-order chi connectivity index (χ1) is 6.68. The third kappa shape index (κ3) is 1.95. The van der Waals surface area contributed by atoms with Crippen molar-refractivity contribution in [1.82, 2.24) is 4.90 Å². The number of hydrogen-bond donors (Lipinski definition) is 1. The fraction of sp³-hybridized carbons (Fsp3) is 1.00. The van der Waals surface area contributed by atoms with E-state index < -0.39 is 0 Å². The number of aliphatic hydroxyl groups excluding tert-OH is 1. The van der Waals surface area contributed by atoms with Crippen molar-refractivity contribution >= 4 is 0 Å².